The van der Waals surface area contributed by atoms with Crippen molar-refractivity contribution in [2.75, 3.05) is 0 Å². The van der Waals surface area contributed by atoms with Gasteiger partial charge in [-0.25, -0.2) is 0 Å². The number of carbonyl (C=O) groups is 1. The molecule has 0 aliphatic carbocycles. The molecule has 4 rings (SSSR count). The molecule has 0 spiro atoms. The van der Waals surface area contributed by atoms with Crippen LogP contribution in [0.25, 0.3) is 10.8 Å². The normalized spacial score (nSPS) is 12.0. The zero-order valence-electron chi connectivity index (χ0n) is 13.6. The molecule has 25 heavy (non-hydrogen) atoms. The molecule has 3 nitrogen and oxygen atoms in total. The Bertz CT molecular complexity index is 991. The molecule has 3 aromatic carbocycles. The maximum atomic E-state index is 12.8. The Hall–Kier alpha value is -3.33. The van der Waals surface area contributed by atoms with Crippen molar-refractivity contribution >= 4 is 16.7 Å². The van der Waals surface area contributed by atoms with Crippen molar-refractivity contribution in [1.82, 2.24) is 5.32 Å². The maximum Gasteiger partial charge on any atom is 0.252 e. The molecule has 0 aliphatic heterocycles. The van der Waals surface area contributed by atoms with Crippen LogP contribution in [0.1, 0.15) is 27.7 Å². The molecule has 1 atom stereocenters. The van der Waals surface area contributed by atoms with Crippen molar-refractivity contribution in [2.24, 2.45) is 0 Å². The smallest absolute Gasteiger partial charge is 0.252 e. The van der Waals surface area contributed by atoms with Gasteiger partial charge in [0.15, 0.2) is 0 Å². The highest BCUT2D eigenvalue weighted by atomic mass is 16.3. The lowest BCUT2D eigenvalue weighted by molar-refractivity contribution is 0.0939. The van der Waals surface area contributed by atoms with E-state index < -0.39 is 0 Å². The standard InChI is InChI=1S/C22H17NO2/c24-22(19-13-12-16-7-4-5-10-18(16)15-19)23-21(20-11-6-14-25-20)17-8-2-1-3-9-17/h1-15,21H,(H,23,24)/t21-/m0/s1. The summed E-state index contributed by atoms with van der Waals surface area (Å²) >= 11 is 0. The van der Waals surface area contributed by atoms with E-state index in [0.29, 0.717) is 11.3 Å². The van der Waals surface area contributed by atoms with Gasteiger partial charge in [0.2, 0.25) is 0 Å². The molecule has 1 aromatic heterocycles. The van der Waals surface area contributed by atoms with Gasteiger partial charge in [-0.05, 0) is 40.6 Å². The van der Waals surface area contributed by atoms with E-state index in [1.54, 1.807) is 6.26 Å². The summed E-state index contributed by atoms with van der Waals surface area (Å²) in [5.41, 5.74) is 1.61. The highest BCUT2D eigenvalue weighted by molar-refractivity contribution is 5.98. The first kappa shape index (κ1) is 15.2. The highest BCUT2D eigenvalue weighted by Gasteiger charge is 2.20. The molecule has 0 aliphatic rings. The molecule has 0 bridgehead atoms. The van der Waals surface area contributed by atoms with Crippen molar-refractivity contribution in [3.8, 4) is 0 Å². The summed E-state index contributed by atoms with van der Waals surface area (Å²) in [5.74, 6) is 0.580. The molecule has 0 radical (unpaired) electrons. The van der Waals surface area contributed by atoms with E-state index in [1.807, 2.05) is 84.9 Å². The van der Waals surface area contributed by atoms with Crippen molar-refractivity contribution in [1.29, 1.82) is 0 Å². The minimum atomic E-state index is -0.324. The fourth-order valence-corrected chi connectivity index (χ4v) is 2.96. The molecule has 4 aromatic rings. The van der Waals surface area contributed by atoms with Crippen LogP contribution in [-0.4, -0.2) is 5.91 Å². The van der Waals surface area contributed by atoms with Gasteiger partial charge in [-0.1, -0.05) is 60.7 Å². The van der Waals surface area contributed by atoms with Crippen molar-refractivity contribution in [2.45, 2.75) is 6.04 Å². The summed E-state index contributed by atoms with van der Waals surface area (Å²) in [7, 11) is 0. The van der Waals surface area contributed by atoms with E-state index >= 15 is 0 Å². The molecular formula is C22H17NO2. The average molecular weight is 327 g/mol. The molecule has 0 saturated heterocycles. The maximum absolute atomic E-state index is 12.8. The Morgan fingerprint density at radius 1 is 0.800 bits per heavy atom. The molecule has 1 N–H and O–H groups in total. The van der Waals surface area contributed by atoms with Crippen molar-refractivity contribution < 1.29 is 9.21 Å². The molecule has 1 heterocycles. The second-order valence-corrected chi connectivity index (χ2v) is 5.89. The fourth-order valence-electron chi connectivity index (χ4n) is 2.96. The summed E-state index contributed by atoms with van der Waals surface area (Å²) in [6, 6.07) is 26.9. The van der Waals surface area contributed by atoms with Crippen LogP contribution in [0, 0.1) is 0 Å². The molecule has 3 heteroatoms. The van der Waals surface area contributed by atoms with Crippen molar-refractivity contribution in [3.63, 3.8) is 0 Å². The van der Waals surface area contributed by atoms with E-state index in [9.17, 15) is 4.79 Å². The summed E-state index contributed by atoms with van der Waals surface area (Å²) in [6.45, 7) is 0. The van der Waals surface area contributed by atoms with Gasteiger partial charge in [0, 0.05) is 5.56 Å². The lowest BCUT2D eigenvalue weighted by Crippen LogP contribution is -2.29. The SMILES string of the molecule is O=C(N[C@@H](c1ccccc1)c1ccco1)c1ccc2ccccc2c1. The lowest BCUT2D eigenvalue weighted by Gasteiger charge is -2.17. The van der Waals surface area contributed by atoms with Crippen LogP contribution >= 0.6 is 0 Å². The second kappa shape index (κ2) is 6.65. The van der Waals surface area contributed by atoms with Crippen LogP contribution in [0.2, 0.25) is 0 Å². The average Bonchev–Trinajstić information content (AvgIpc) is 3.20. The summed E-state index contributed by atoms with van der Waals surface area (Å²) in [6.07, 6.45) is 1.62. The van der Waals surface area contributed by atoms with Crippen LogP contribution in [0.4, 0.5) is 0 Å². The van der Waals surface area contributed by atoms with Gasteiger partial charge < -0.3 is 9.73 Å². The summed E-state index contributed by atoms with van der Waals surface area (Å²) in [4.78, 5) is 12.8. The van der Waals surface area contributed by atoms with E-state index in [4.69, 9.17) is 4.42 Å². The quantitative estimate of drug-likeness (QED) is 0.576. The predicted molar refractivity (Wildman–Crippen MR) is 98.4 cm³/mol. The third kappa shape index (κ3) is 3.17. The Morgan fingerprint density at radius 3 is 2.32 bits per heavy atom. The number of hydrogen-bond donors (Lipinski definition) is 1. The summed E-state index contributed by atoms with van der Waals surface area (Å²) in [5, 5.41) is 5.25. The molecule has 0 saturated carbocycles. The number of fused-ring (bicyclic) bond motifs is 1. The van der Waals surface area contributed by atoms with Gasteiger partial charge in [-0.3, -0.25) is 4.79 Å². The van der Waals surface area contributed by atoms with Crippen LogP contribution < -0.4 is 5.32 Å². The summed E-state index contributed by atoms with van der Waals surface area (Å²) < 4.78 is 5.54. The van der Waals surface area contributed by atoms with Gasteiger partial charge >= 0.3 is 0 Å². The van der Waals surface area contributed by atoms with Crippen molar-refractivity contribution in [3.05, 3.63) is 108 Å². The first-order valence-corrected chi connectivity index (χ1v) is 8.19. The zero-order valence-corrected chi connectivity index (χ0v) is 13.6. The number of carbonyl (C=O) groups excluding carboxylic acids is 1. The van der Waals surface area contributed by atoms with Gasteiger partial charge in [0.05, 0.1) is 6.26 Å². The first-order chi connectivity index (χ1) is 12.3. The van der Waals surface area contributed by atoms with E-state index in [1.165, 1.54) is 0 Å². The highest BCUT2D eigenvalue weighted by Crippen LogP contribution is 2.23. The number of hydrogen-bond acceptors (Lipinski definition) is 2. The Balaban J connectivity index is 1.66. The third-order valence-electron chi connectivity index (χ3n) is 4.25. The van der Waals surface area contributed by atoms with E-state index in [0.717, 1.165) is 16.3 Å². The van der Waals surface area contributed by atoms with Crippen LogP contribution in [0.5, 0.6) is 0 Å². The lowest BCUT2D eigenvalue weighted by atomic mass is 10.0. The predicted octanol–water partition coefficient (Wildman–Crippen LogP) is 4.95. The minimum Gasteiger partial charge on any atom is -0.467 e. The minimum absolute atomic E-state index is 0.129. The number of furan rings is 1. The fraction of sp³-hybridized carbons (Fsp3) is 0.0455. The van der Waals surface area contributed by atoms with Gasteiger partial charge in [0.1, 0.15) is 11.8 Å². The topological polar surface area (TPSA) is 42.2 Å². The zero-order chi connectivity index (χ0) is 17.1. The van der Waals surface area contributed by atoms with Gasteiger partial charge in [0.25, 0.3) is 5.91 Å². The third-order valence-corrected chi connectivity index (χ3v) is 4.25. The number of amides is 1. The molecule has 122 valence electrons. The first-order valence-electron chi connectivity index (χ1n) is 8.19. The molecular weight excluding hydrogens is 310 g/mol. The molecule has 0 fully saturated rings. The van der Waals surface area contributed by atoms with Crippen LogP contribution in [0.15, 0.2) is 95.6 Å². The van der Waals surface area contributed by atoms with E-state index in [2.05, 4.69) is 5.32 Å². The Morgan fingerprint density at radius 2 is 1.56 bits per heavy atom. The molecule has 1 amide bonds. The Kier molecular flexibility index (Phi) is 4.05. The van der Waals surface area contributed by atoms with E-state index in [-0.39, 0.29) is 11.9 Å². The molecule has 0 unspecified atom stereocenters. The number of rotatable bonds is 4. The number of benzene rings is 3. The second-order valence-electron chi connectivity index (χ2n) is 5.89. The number of nitrogens with one attached hydrogen (secondary N) is 1. The monoisotopic (exact) mass is 327 g/mol. The Labute approximate surface area is 145 Å². The van der Waals surface area contributed by atoms with Crippen LogP contribution in [-0.2, 0) is 0 Å². The largest absolute Gasteiger partial charge is 0.467 e. The van der Waals surface area contributed by atoms with Gasteiger partial charge in [-0.2, -0.15) is 0 Å². The van der Waals surface area contributed by atoms with Crippen LogP contribution in [0.3, 0.4) is 0 Å². The van der Waals surface area contributed by atoms with Gasteiger partial charge in [-0.15, -0.1) is 0 Å².